The van der Waals surface area contributed by atoms with Gasteiger partial charge in [-0.25, -0.2) is 13.4 Å². The third-order valence-corrected chi connectivity index (χ3v) is 8.04. The standard InChI is InChI=1S/C24H29N3O4S2/c1-17-4-5-19(18(2)14-17)15-23(28)27(9-8-26-10-12-31-13-11-26)24-25-21-7-6-20(33(3,29)30)16-22(21)32-24/h4-7,14,16H,8-13,15H2,1-3H3. The molecular formula is C24H29N3O4S2. The van der Waals surface area contributed by atoms with Gasteiger partial charge in [0.25, 0.3) is 0 Å². The molecule has 9 heteroatoms. The highest BCUT2D eigenvalue weighted by Gasteiger charge is 2.23. The Morgan fingerprint density at radius 3 is 2.61 bits per heavy atom. The molecule has 176 valence electrons. The molecule has 2 heterocycles. The van der Waals surface area contributed by atoms with Gasteiger partial charge in [-0.05, 0) is 43.2 Å². The van der Waals surface area contributed by atoms with Crippen molar-refractivity contribution in [1.29, 1.82) is 0 Å². The summed E-state index contributed by atoms with van der Waals surface area (Å²) in [7, 11) is -3.32. The van der Waals surface area contributed by atoms with E-state index in [4.69, 9.17) is 4.74 Å². The fourth-order valence-corrected chi connectivity index (χ4v) is 5.70. The highest BCUT2D eigenvalue weighted by Crippen LogP contribution is 2.31. The van der Waals surface area contributed by atoms with Gasteiger partial charge in [-0.2, -0.15) is 0 Å². The quantitative estimate of drug-likeness (QED) is 0.509. The normalized spacial score (nSPS) is 15.1. The Bertz CT molecular complexity index is 1260. The van der Waals surface area contributed by atoms with Crippen LogP contribution in [0.1, 0.15) is 16.7 Å². The van der Waals surface area contributed by atoms with Crippen molar-refractivity contribution in [2.45, 2.75) is 25.2 Å². The minimum absolute atomic E-state index is 0.0161. The van der Waals surface area contributed by atoms with Crippen LogP contribution in [0.25, 0.3) is 10.2 Å². The van der Waals surface area contributed by atoms with E-state index < -0.39 is 9.84 Å². The fraction of sp³-hybridized carbons (Fsp3) is 0.417. The van der Waals surface area contributed by atoms with Gasteiger partial charge in [0.1, 0.15) is 0 Å². The molecule has 0 atom stereocenters. The van der Waals surface area contributed by atoms with Gasteiger partial charge >= 0.3 is 0 Å². The number of ether oxygens (including phenoxy) is 1. The van der Waals surface area contributed by atoms with Crippen molar-refractivity contribution < 1.29 is 17.9 Å². The Morgan fingerprint density at radius 2 is 1.91 bits per heavy atom. The molecule has 0 radical (unpaired) electrons. The summed E-state index contributed by atoms with van der Waals surface area (Å²) >= 11 is 1.35. The molecule has 0 aliphatic carbocycles. The number of nitrogens with zero attached hydrogens (tertiary/aromatic N) is 3. The third kappa shape index (κ3) is 5.78. The number of anilines is 1. The lowest BCUT2D eigenvalue weighted by Crippen LogP contribution is -2.43. The van der Waals surface area contributed by atoms with E-state index >= 15 is 0 Å². The zero-order chi connectivity index (χ0) is 23.6. The highest BCUT2D eigenvalue weighted by molar-refractivity contribution is 7.90. The number of fused-ring (bicyclic) bond motifs is 1. The predicted molar refractivity (Wildman–Crippen MR) is 132 cm³/mol. The first-order valence-electron chi connectivity index (χ1n) is 11.0. The third-order valence-electron chi connectivity index (χ3n) is 5.89. The number of carbonyl (C=O) groups excluding carboxylic acids is 1. The first-order chi connectivity index (χ1) is 15.7. The maximum absolute atomic E-state index is 13.5. The summed E-state index contributed by atoms with van der Waals surface area (Å²) in [6, 6.07) is 11.0. The Hall–Kier alpha value is -2.33. The van der Waals surface area contributed by atoms with E-state index in [1.165, 1.54) is 23.2 Å². The molecule has 4 rings (SSSR count). The summed E-state index contributed by atoms with van der Waals surface area (Å²) in [6.45, 7) is 8.40. The average Bonchev–Trinajstić information content (AvgIpc) is 3.19. The van der Waals surface area contributed by atoms with Crippen molar-refractivity contribution in [3.63, 3.8) is 0 Å². The summed E-state index contributed by atoms with van der Waals surface area (Å²) in [4.78, 5) is 22.5. The first kappa shape index (κ1) is 23.8. The second-order valence-electron chi connectivity index (χ2n) is 8.50. The summed E-state index contributed by atoms with van der Waals surface area (Å²) in [5.74, 6) is -0.0161. The van der Waals surface area contributed by atoms with E-state index in [1.54, 1.807) is 23.1 Å². The second-order valence-corrected chi connectivity index (χ2v) is 11.5. The van der Waals surface area contributed by atoms with Crippen LogP contribution in [-0.2, 0) is 25.8 Å². The van der Waals surface area contributed by atoms with Gasteiger partial charge in [0.2, 0.25) is 5.91 Å². The molecule has 0 bridgehead atoms. The average molecular weight is 488 g/mol. The number of amides is 1. The summed E-state index contributed by atoms with van der Waals surface area (Å²) < 4.78 is 30.1. The predicted octanol–water partition coefficient (Wildman–Crippen LogP) is 3.22. The number of aromatic nitrogens is 1. The number of rotatable bonds is 7. The molecule has 0 saturated carbocycles. The molecule has 1 saturated heterocycles. The van der Waals surface area contributed by atoms with Gasteiger partial charge in [-0.1, -0.05) is 35.1 Å². The molecule has 1 aliphatic heterocycles. The molecule has 1 amide bonds. The maximum atomic E-state index is 13.5. The van der Waals surface area contributed by atoms with Gasteiger partial charge in [0, 0.05) is 32.4 Å². The molecule has 3 aromatic rings. The van der Waals surface area contributed by atoms with E-state index in [0.717, 1.165) is 35.5 Å². The zero-order valence-corrected chi connectivity index (χ0v) is 20.8. The maximum Gasteiger partial charge on any atom is 0.233 e. The summed E-state index contributed by atoms with van der Waals surface area (Å²) in [5.41, 5.74) is 3.96. The molecule has 0 spiro atoms. The molecule has 0 unspecified atom stereocenters. The van der Waals surface area contributed by atoms with Gasteiger partial charge in [0.15, 0.2) is 15.0 Å². The smallest absolute Gasteiger partial charge is 0.233 e. The molecular weight excluding hydrogens is 458 g/mol. The van der Waals surface area contributed by atoms with Crippen LogP contribution in [0.5, 0.6) is 0 Å². The van der Waals surface area contributed by atoms with Crippen molar-refractivity contribution >= 4 is 42.4 Å². The molecule has 1 aromatic heterocycles. The van der Waals surface area contributed by atoms with Crippen LogP contribution in [0.3, 0.4) is 0 Å². The molecule has 33 heavy (non-hydrogen) atoms. The summed E-state index contributed by atoms with van der Waals surface area (Å²) in [5, 5.41) is 0.596. The SMILES string of the molecule is Cc1ccc(CC(=O)N(CCN2CCOCC2)c2nc3ccc(S(C)(=O)=O)cc3s2)c(C)c1. The number of hydrogen-bond donors (Lipinski definition) is 0. The lowest BCUT2D eigenvalue weighted by Gasteiger charge is -2.29. The van der Waals surface area contributed by atoms with E-state index in [9.17, 15) is 13.2 Å². The van der Waals surface area contributed by atoms with E-state index in [1.807, 2.05) is 26.0 Å². The van der Waals surface area contributed by atoms with Crippen LogP contribution in [0, 0.1) is 13.8 Å². The molecule has 1 fully saturated rings. The fourth-order valence-electron chi connectivity index (χ4n) is 3.93. The van der Waals surface area contributed by atoms with E-state index in [-0.39, 0.29) is 10.8 Å². The zero-order valence-electron chi connectivity index (χ0n) is 19.2. The molecule has 2 aromatic carbocycles. The van der Waals surface area contributed by atoms with Gasteiger partial charge in [-0.3, -0.25) is 14.6 Å². The first-order valence-corrected chi connectivity index (χ1v) is 13.7. The van der Waals surface area contributed by atoms with Crippen molar-refractivity contribution in [1.82, 2.24) is 9.88 Å². The van der Waals surface area contributed by atoms with Gasteiger partial charge < -0.3 is 4.74 Å². The number of hydrogen-bond acceptors (Lipinski definition) is 7. The van der Waals surface area contributed by atoms with Crippen molar-refractivity contribution in [2.75, 3.05) is 50.5 Å². The van der Waals surface area contributed by atoms with Crippen LogP contribution in [-0.4, -0.2) is 69.9 Å². The Kier molecular flexibility index (Phi) is 7.13. The largest absolute Gasteiger partial charge is 0.379 e. The van der Waals surface area contributed by atoms with E-state index in [2.05, 4.69) is 16.0 Å². The number of aryl methyl sites for hydroxylation is 2. The second kappa shape index (κ2) is 9.89. The van der Waals surface area contributed by atoms with Crippen molar-refractivity contribution in [2.24, 2.45) is 0 Å². The van der Waals surface area contributed by atoms with E-state index in [0.29, 0.717) is 36.8 Å². The van der Waals surface area contributed by atoms with Crippen LogP contribution >= 0.6 is 11.3 Å². The minimum Gasteiger partial charge on any atom is -0.379 e. The van der Waals surface area contributed by atoms with Gasteiger partial charge in [0.05, 0.1) is 34.7 Å². The Morgan fingerprint density at radius 1 is 1.15 bits per heavy atom. The minimum atomic E-state index is -3.32. The highest BCUT2D eigenvalue weighted by atomic mass is 32.2. The van der Waals surface area contributed by atoms with Crippen LogP contribution in [0.15, 0.2) is 41.3 Å². The molecule has 7 nitrogen and oxygen atoms in total. The number of thiazole rings is 1. The Labute approximate surface area is 198 Å². The molecule has 0 N–H and O–H groups in total. The lowest BCUT2D eigenvalue weighted by atomic mass is 10.0. The number of carbonyl (C=O) groups is 1. The molecule has 1 aliphatic rings. The summed E-state index contributed by atoms with van der Waals surface area (Å²) in [6.07, 6.45) is 1.48. The number of benzene rings is 2. The Balaban J connectivity index is 1.63. The number of morpholine rings is 1. The van der Waals surface area contributed by atoms with Crippen LogP contribution < -0.4 is 4.90 Å². The van der Waals surface area contributed by atoms with Crippen molar-refractivity contribution in [3.05, 3.63) is 53.1 Å². The lowest BCUT2D eigenvalue weighted by molar-refractivity contribution is -0.118. The topological polar surface area (TPSA) is 79.8 Å². The number of sulfone groups is 1. The van der Waals surface area contributed by atoms with Crippen LogP contribution in [0.2, 0.25) is 0 Å². The van der Waals surface area contributed by atoms with Gasteiger partial charge in [-0.15, -0.1) is 0 Å². The van der Waals surface area contributed by atoms with Crippen LogP contribution in [0.4, 0.5) is 5.13 Å². The monoisotopic (exact) mass is 487 g/mol. The van der Waals surface area contributed by atoms with Crippen molar-refractivity contribution in [3.8, 4) is 0 Å².